The monoisotopic (exact) mass is 580 g/mol. The fourth-order valence-corrected chi connectivity index (χ4v) is 5.75. The fraction of sp³-hybridized carbons (Fsp3) is 0.333. The summed E-state index contributed by atoms with van der Waals surface area (Å²) in [5.41, 5.74) is 1.36. The van der Waals surface area contributed by atoms with E-state index in [-0.39, 0.29) is 34.6 Å². The van der Waals surface area contributed by atoms with E-state index < -0.39 is 33.4 Å². The van der Waals surface area contributed by atoms with Gasteiger partial charge in [0.25, 0.3) is 15.7 Å². The quantitative estimate of drug-likeness (QED) is 0.231. The lowest BCUT2D eigenvalue weighted by molar-refractivity contribution is -0.384. The van der Waals surface area contributed by atoms with E-state index in [4.69, 9.17) is 0 Å². The van der Waals surface area contributed by atoms with Crippen LogP contribution in [0.1, 0.15) is 38.3 Å². The molecular formula is C30H36N4O6S. The molecule has 218 valence electrons. The molecular weight excluding hydrogens is 544 g/mol. The predicted octanol–water partition coefficient (Wildman–Crippen LogP) is 4.68. The van der Waals surface area contributed by atoms with Crippen molar-refractivity contribution in [3.8, 4) is 0 Å². The summed E-state index contributed by atoms with van der Waals surface area (Å²) in [5.74, 6) is -0.765. The highest BCUT2D eigenvalue weighted by Gasteiger charge is 2.34. The number of anilines is 1. The second-order valence-corrected chi connectivity index (χ2v) is 12.0. The zero-order valence-corrected chi connectivity index (χ0v) is 24.5. The van der Waals surface area contributed by atoms with Crippen LogP contribution in [0.5, 0.6) is 0 Å². The van der Waals surface area contributed by atoms with E-state index in [1.165, 1.54) is 35.2 Å². The number of nitro benzene ring substituents is 1. The highest BCUT2D eigenvalue weighted by molar-refractivity contribution is 7.92. The fourth-order valence-electron chi connectivity index (χ4n) is 4.32. The normalized spacial score (nSPS) is 12.0. The molecule has 0 aromatic heterocycles. The Bertz CT molecular complexity index is 1480. The summed E-state index contributed by atoms with van der Waals surface area (Å²) in [4.78, 5) is 39.5. The predicted molar refractivity (Wildman–Crippen MR) is 158 cm³/mol. The minimum atomic E-state index is -4.32. The first-order valence-electron chi connectivity index (χ1n) is 13.4. The number of non-ortho nitro benzene ring substituents is 1. The average molecular weight is 581 g/mol. The van der Waals surface area contributed by atoms with Crippen LogP contribution in [0.2, 0.25) is 0 Å². The topological polar surface area (TPSA) is 130 Å². The van der Waals surface area contributed by atoms with Gasteiger partial charge in [0, 0.05) is 25.2 Å². The number of carbonyl (C=O) groups excluding carboxylic acids is 2. The molecule has 0 heterocycles. The average Bonchev–Trinajstić information content (AvgIpc) is 2.95. The van der Waals surface area contributed by atoms with Gasteiger partial charge in [0.1, 0.15) is 12.6 Å². The van der Waals surface area contributed by atoms with E-state index in [2.05, 4.69) is 5.32 Å². The van der Waals surface area contributed by atoms with Gasteiger partial charge in [-0.05, 0) is 48.6 Å². The van der Waals surface area contributed by atoms with E-state index in [0.717, 1.165) is 21.5 Å². The maximum Gasteiger partial charge on any atom is 0.271 e. The van der Waals surface area contributed by atoms with Crippen LogP contribution >= 0.6 is 0 Å². The first-order chi connectivity index (χ1) is 19.4. The van der Waals surface area contributed by atoms with Gasteiger partial charge in [0.2, 0.25) is 11.8 Å². The van der Waals surface area contributed by atoms with Crippen molar-refractivity contribution in [3.63, 3.8) is 0 Å². The van der Waals surface area contributed by atoms with Gasteiger partial charge in [-0.15, -0.1) is 0 Å². The van der Waals surface area contributed by atoms with Gasteiger partial charge in [-0.3, -0.25) is 24.0 Å². The van der Waals surface area contributed by atoms with Crippen molar-refractivity contribution in [2.75, 3.05) is 17.4 Å². The van der Waals surface area contributed by atoms with E-state index in [1.807, 2.05) is 45.0 Å². The lowest BCUT2D eigenvalue weighted by atomic mass is 10.1. The molecule has 10 nitrogen and oxygen atoms in total. The van der Waals surface area contributed by atoms with Crippen LogP contribution in [0.3, 0.4) is 0 Å². The van der Waals surface area contributed by atoms with Crippen molar-refractivity contribution in [2.24, 2.45) is 5.92 Å². The molecule has 0 bridgehead atoms. The van der Waals surface area contributed by atoms with E-state index in [1.54, 1.807) is 25.1 Å². The summed E-state index contributed by atoms with van der Waals surface area (Å²) < 4.78 is 28.5. The number of carbonyl (C=O) groups is 2. The Balaban J connectivity index is 2.09. The molecule has 3 aromatic carbocycles. The van der Waals surface area contributed by atoms with Crippen LogP contribution < -0.4 is 9.62 Å². The molecule has 2 amide bonds. The van der Waals surface area contributed by atoms with Crippen LogP contribution in [0.4, 0.5) is 11.4 Å². The van der Waals surface area contributed by atoms with E-state index in [9.17, 15) is 28.1 Å². The van der Waals surface area contributed by atoms with Gasteiger partial charge in [-0.25, -0.2) is 8.42 Å². The van der Waals surface area contributed by atoms with Crippen LogP contribution in [0.25, 0.3) is 0 Å². The summed E-state index contributed by atoms with van der Waals surface area (Å²) in [6.45, 7) is 7.44. The highest BCUT2D eigenvalue weighted by atomic mass is 32.2. The molecule has 3 aromatic rings. The van der Waals surface area contributed by atoms with Crippen LogP contribution in [-0.2, 0) is 26.2 Å². The maximum atomic E-state index is 14.1. The maximum absolute atomic E-state index is 14.1. The molecule has 0 radical (unpaired) electrons. The lowest BCUT2D eigenvalue weighted by Gasteiger charge is -2.33. The molecule has 0 aliphatic rings. The van der Waals surface area contributed by atoms with Gasteiger partial charge in [0.15, 0.2) is 0 Å². The molecule has 3 rings (SSSR count). The zero-order valence-electron chi connectivity index (χ0n) is 23.7. The smallest absolute Gasteiger partial charge is 0.271 e. The molecule has 0 aliphatic heterocycles. The summed E-state index contributed by atoms with van der Waals surface area (Å²) in [7, 11) is -4.32. The number of sulfonamides is 1. The number of nitro groups is 1. The van der Waals surface area contributed by atoms with Gasteiger partial charge in [-0.1, -0.05) is 69.3 Å². The first-order valence-corrected chi connectivity index (χ1v) is 14.8. The zero-order chi connectivity index (χ0) is 30.2. The minimum Gasteiger partial charge on any atom is -0.354 e. The van der Waals surface area contributed by atoms with E-state index >= 15 is 0 Å². The van der Waals surface area contributed by atoms with Crippen molar-refractivity contribution in [1.82, 2.24) is 10.2 Å². The van der Waals surface area contributed by atoms with Crippen molar-refractivity contribution in [2.45, 2.75) is 51.6 Å². The minimum absolute atomic E-state index is 0.0375. The molecule has 1 atom stereocenters. The van der Waals surface area contributed by atoms with Crippen LogP contribution in [0, 0.1) is 23.0 Å². The lowest BCUT2D eigenvalue weighted by Crippen LogP contribution is -2.52. The largest absolute Gasteiger partial charge is 0.354 e. The second kappa shape index (κ2) is 13.9. The molecule has 0 spiro atoms. The molecule has 0 fully saturated rings. The summed E-state index contributed by atoms with van der Waals surface area (Å²) in [6.07, 6.45) is 0.295. The Morgan fingerprint density at radius 3 is 2.24 bits per heavy atom. The van der Waals surface area contributed by atoms with Gasteiger partial charge < -0.3 is 10.2 Å². The number of benzene rings is 3. The molecule has 0 saturated heterocycles. The number of nitrogens with zero attached hydrogens (tertiary/aromatic N) is 3. The number of hydrogen-bond acceptors (Lipinski definition) is 6. The third-order valence-electron chi connectivity index (χ3n) is 6.61. The Hall–Kier alpha value is -4.25. The molecule has 0 saturated carbocycles. The SMILES string of the molecule is CC[C@@H](C(=O)NCC(C)C)N(Cc1ccccc1C)C(=O)CN(c1cccc([N+](=O)[O-])c1)S(=O)(=O)c1ccccc1. The number of hydrogen-bond donors (Lipinski definition) is 1. The van der Waals surface area contributed by atoms with Crippen molar-refractivity contribution < 1.29 is 22.9 Å². The Morgan fingerprint density at radius 2 is 1.63 bits per heavy atom. The third kappa shape index (κ3) is 7.91. The highest BCUT2D eigenvalue weighted by Crippen LogP contribution is 2.28. The van der Waals surface area contributed by atoms with Crippen molar-refractivity contribution in [1.29, 1.82) is 0 Å². The second-order valence-electron chi connectivity index (χ2n) is 10.1. The third-order valence-corrected chi connectivity index (χ3v) is 8.40. The molecule has 0 aliphatic carbocycles. The Morgan fingerprint density at radius 1 is 0.976 bits per heavy atom. The molecule has 1 N–H and O–H groups in total. The van der Waals surface area contributed by atoms with Gasteiger partial charge >= 0.3 is 0 Å². The molecule has 0 unspecified atom stereocenters. The molecule has 41 heavy (non-hydrogen) atoms. The van der Waals surface area contributed by atoms with Gasteiger partial charge in [0.05, 0.1) is 15.5 Å². The standard InChI is InChI=1S/C30H36N4O6S/c1-5-28(30(36)31-19-22(2)3)32(20-24-13-10-9-12-23(24)4)29(35)21-33(25-14-11-15-26(18-25)34(37)38)41(39,40)27-16-7-6-8-17-27/h6-18,22,28H,5,19-21H2,1-4H3,(H,31,36)/t28-/m0/s1. The van der Waals surface area contributed by atoms with Gasteiger partial charge in [-0.2, -0.15) is 0 Å². The summed E-state index contributed by atoms with van der Waals surface area (Å²) in [5, 5.41) is 14.4. The first kappa shape index (κ1) is 31.3. The number of amides is 2. The Labute approximate surface area is 241 Å². The van der Waals surface area contributed by atoms with Crippen molar-refractivity contribution >= 4 is 33.2 Å². The summed E-state index contributed by atoms with van der Waals surface area (Å²) in [6, 6.07) is 19.3. The number of rotatable bonds is 13. The van der Waals surface area contributed by atoms with E-state index in [0.29, 0.717) is 13.0 Å². The van der Waals surface area contributed by atoms with Crippen molar-refractivity contribution in [3.05, 3.63) is 100 Å². The Kier molecular flexibility index (Phi) is 10.6. The summed E-state index contributed by atoms with van der Waals surface area (Å²) >= 11 is 0. The van der Waals surface area contributed by atoms with Crippen LogP contribution in [0.15, 0.2) is 83.8 Å². The number of nitrogens with one attached hydrogen (secondary N) is 1. The van der Waals surface area contributed by atoms with Crippen LogP contribution in [-0.4, -0.2) is 49.2 Å². The number of aryl methyl sites for hydroxylation is 1. The molecule has 11 heteroatoms.